The number of fused-ring (bicyclic) bond motifs is 1. The van der Waals surface area contributed by atoms with Crippen LogP contribution < -0.4 is 11.1 Å². The highest BCUT2D eigenvalue weighted by Gasteiger charge is 2.32. The minimum atomic E-state index is -0.308. The van der Waals surface area contributed by atoms with Crippen LogP contribution in [0.3, 0.4) is 0 Å². The number of benzene rings is 1. The Kier molecular flexibility index (Phi) is 5.04. The molecule has 116 valence electrons. The highest BCUT2D eigenvalue weighted by molar-refractivity contribution is 5.85. The molecule has 0 fully saturated rings. The molecular weight excluding hydrogens is 260 g/mol. The van der Waals surface area contributed by atoms with Crippen molar-refractivity contribution in [3.8, 4) is 0 Å². The first-order valence-electron chi connectivity index (χ1n) is 8.05. The Morgan fingerprint density at radius 1 is 1.43 bits per heavy atom. The number of amides is 1. The molecule has 2 rings (SSSR count). The van der Waals surface area contributed by atoms with Crippen molar-refractivity contribution >= 4 is 5.91 Å². The maximum atomic E-state index is 12.8. The molecular formula is C18H28N2O. The number of carbonyl (C=O) groups excluding carboxylic acids is 1. The van der Waals surface area contributed by atoms with E-state index in [4.69, 9.17) is 5.73 Å². The van der Waals surface area contributed by atoms with Crippen LogP contribution >= 0.6 is 0 Å². The average molecular weight is 288 g/mol. The van der Waals surface area contributed by atoms with Crippen LogP contribution in [0.25, 0.3) is 0 Å². The largest absolute Gasteiger partial charge is 0.349 e. The monoisotopic (exact) mass is 288 g/mol. The Balaban J connectivity index is 2.14. The number of nitrogens with one attached hydrogen (secondary N) is 1. The van der Waals surface area contributed by atoms with Gasteiger partial charge in [0.2, 0.25) is 5.91 Å². The molecule has 0 saturated carbocycles. The topological polar surface area (TPSA) is 55.1 Å². The molecule has 1 aromatic rings. The SMILES string of the molecule is CC(C)CC(C)(CN)NC(=O)C1CCCc2ccccc21. The Labute approximate surface area is 128 Å². The molecule has 3 N–H and O–H groups in total. The van der Waals surface area contributed by atoms with Crippen molar-refractivity contribution in [3.05, 3.63) is 35.4 Å². The van der Waals surface area contributed by atoms with E-state index < -0.39 is 0 Å². The van der Waals surface area contributed by atoms with Gasteiger partial charge >= 0.3 is 0 Å². The lowest BCUT2D eigenvalue weighted by Crippen LogP contribution is -2.53. The summed E-state index contributed by atoms with van der Waals surface area (Å²) in [5.41, 5.74) is 8.13. The number of hydrogen-bond donors (Lipinski definition) is 2. The van der Waals surface area contributed by atoms with Crippen LogP contribution in [0.4, 0.5) is 0 Å². The van der Waals surface area contributed by atoms with Gasteiger partial charge in [-0.15, -0.1) is 0 Å². The van der Waals surface area contributed by atoms with E-state index in [0.29, 0.717) is 12.5 Å². The van der Waals surface area contributed by atoms with Gasteiger partial charge in [-0.25, -0.2) is 0 Å². The fourth-order valence-corrected chi connectivity index (χ4v) is 3.50. The average Bonchev–Trinajstić information content (AvgIpc) is 2.45. The van der Waals surface area contributed by atoms with E-state index in [1.807, 2.05) is 6.07 Å². The smallest absolute Gasteiger partial charge is 0.228 e. The third kappa shape index (κ3) is 3.85. The van der Waals surface area contributed by atoms with Crippen LogP contribution in [-0.2, 0) is 11.2 Å². The minimum absolute atomic E-state index is 0.0204. The summed E-state index contributed by atoms with van der Waals surface area (Å²) in [6.45, 7) is 6.86. The third-order valence-electron chi connectivity index (χ3n) is 4.42. The molecule has 2 unspecified atom stereocenters. The Bertz CT molecular complexity index is 498. The second kappa shape index (κ2) is 6.61. The number of nitrogens with two attached hydrogens (primary N) is 1. The van der Waals surface area contributed by atoms with Crippen molar-refractivity contribution in [1.29, 1.82) is 0 Å². The maximum Gasteiger partial charge on any atom is 0.228 e. The number of carbonyl (C=O) groups is 1. The lowest BCUT2D eigenvalue weighted by atomic mass is 9.81. The molecule has 3 nitrogen and oxygen atoms in total. The van der Waals surface area contributed by atoms with Crippen LogP contribution in [0.15, 0.2) is 24.3 Å². The quantitative estimate of drug-likeness (QED) is 0.875. The molecule has 2 atom stereocenters. The van der Waals surface area contributed by atoms with Crippen LogP contribution in [0.2, 0.25) is 0 Å². The zero-order chi connectivity index (χ0) is 15.5. The van der Waals surface area contributed by atoms with E-state index in [0.717, 1.165) is 25.7 Å². The summed E-state index contributed by atoms with van der Waals surface area (Å²) in [6.07, 6.45) is 4.01. The second-order valence-corrected chi connectivity index (χ2v) is 7.00. The molecule has 1 aliphatic carbocycles. The van der Waals surface area contributed by atoms with Crippen LogP contribution in [0, 0.1) is 5.92 Å². The molecule has 1 aromatic carbocycles. The molecule has 0 radical (unpaired) electrons. The molecule has 21 heavy (non-hydrogen) atoms. The van der Waals surface area contributed by atoms with Gasteiger partial charge in [-0.2, -0.15) is 0 Å². The predicted octanol–water partition coefficient (Wildman–Crippen LogP) is 2.99. The number of aryl methyl sites for hydroxylation is 1. The minimum Gasteiger partial charge on any atom is -0.349 e. The van der Waals surface area contributed by atoms with Crippen molar-refractivity contribution in [1.82, 2.24) is 5.32 Å². The van der Waals surface area contributed by atoms with Gasteiger partial charge in [0.15, 0.2) is 0 Å². The first-order valence-corrected chi connectivity index (χ1v) is 8.05. The fourth-order valence-electron chi connectivity index (χ4n) is 3.50. The molecule has 0 heterocycles. The van der Waals surface area contributed by atoms with E-state index in [-0.39, 0.29) is 17.4 Å². The van der Waals surface area contributed by atoms with E-state index in [1.54, 1.807) is 0 Å². The van der Waals surface area contributed by atoms with Crippen molar-refractivity contribution in [3.63, 3.8) is 0 Å². The molecule has 0 aliphatic heterocycles. The van der Waals surface area contributed by atoms with Crippen LogP contribution in [-0.4, -0.2) is 18.0 Å². The van der Waals surface area contributed by atoms with E-state index in [1.165, 1.54) is 11.1 Å². The molecule has 1 aliphatic rings. The zero-order valence-corrected chi connectivity index (χ0v) is 13.5. The second-order valence-electron chi connectivity index (χ2n) is 7.00. The summed E-state index contributed by atoms with van der Waals surface area (Å²) in [6, 6.07) is 8.33. The summed E-state index contributed by atoms with van der Waals surface area (Å²) in [4.78, 5) is 12.8. The lowest BCUT2D eigenvalue weighted by Gasteiger charge is -2.34. The van der Waals surface area contributed by atoms with E-state index in [2.05, 4.69) is 44.3 Å². The normalized spacial score (nSPS) is 20.7. The Morgan fingerprint density at radius 3 is 2.81 bits per heavy atom. The number of rotatable bonds is 5. The van der Waals surface area contributed by atoms with Crippen molar-refractivity contribution in [2.45, 2.75) is 57.9 Å². The first kappa shape index (κ1) is 16.0. The third-order valence-corrected chi connectivity index (χ3v) is 4.42. The molecule has 0 saturated heterocycles. The summed E-state index contributed by atoms with van der Waals surface area (Å²) in [5, 5.41) is 3.22. The fraction of sp³-hybridized carbons (Fsp3) is 0.611. The molecule has 0 bridgehead atoms. The summed E-state index contributed by atoms with van der Waals surface area (Å²) in [5.74, 6) is 0.626. The van der Waals surface area contributed by atoms with Gasteiger partial charge in [-0.05, 0) is 49.7 Å². The van der Waals surface area contributed by atoms with Crippen molar-refractivity contribution in [2.24, 2.45) is 11.7 Å². The van der Waals surface area contributed by atoms with Gasteiger partial charge < -0.3 is 11.1 Å². The van der Waals surface area contributed by atoms with Gasteiger partial charge in [-0.1, -0.05) is 38.1 Å². The number of hydrogen-bond acceptors (Lipinski definition) is 2. The summed E-state index contributed by atoms with van der Waals surface area (Å²) >= 11 is 0. The highest BCUT2D eigenvalue weighted by Crippen LogP contribution is 2.32. The van der Waals surface area contributed by atoms with E-state index >= 15 is 0 Å². The molecule has 1 amide bonds. The van der Waals surface area contributed by atoms with Gasteiger partial charge in [0.25, 0.3) is 0 Å². The van der Waals surface area contributed by atoms with E-state index in [9.17, 15) is 4.79 Å². The van der Waals surface area contributed by atoms with Gasteiger partial charge in [0, 0.05) is 12.1 Å². The standard InChI is InChI=1S/C18H28N2O/c1-13(2)11-18(3,12-19)20-17(21)16-10-6-8-14-7-4-5-9-15(14)16/h4-5,7,9,13,16H,6,8,10-12,19H2,1-3H3,(H,20,21). The Hall–Kier alpha value is -1.35. The summed E-state index contributed by atoms with van der Waals surface area (Å²) < 4.78 is 0. The molecule has 0 aromatic heterocycles. The predicted molar refractivity (Wildman–Crippen MR) is 87.2 cm³/mol. The van der Waals surface area contributed by atoms with Crippen molar-refractivity contribution in [2.75, 3.05) is 6.54 Å². The lowest BCUT2D eigenvalue weighted by molar-refractivity contribution is -0.124. The summed E-state index contributed by atoms with van der Waals surface area (Å²) in [7, 11) is 0. The van der Waals surface area contributed by atoms with Gasteiger partial charge in [-0.3, -0.25) is 4.79 Å². The van der Waals surface area contributed by atoms with Gasteiger partial charge in [0.1, 0.15) is 0 Å². The van der Waals surface area contributed by atoms with Gasteiger partial charge in [0.05, 0.1) is 5.92 Å². The van der Waals surface area contributed by atoms with Crippen LogP contribution in [0.1, 0.15) is 57.1 Å². The molecule has 0 spiro atoms. The highest BCUT2D eigenvalue weighted by atomic mass is 16.2. The Morgan fingerprint density at radius 2 is 2.14 bits per heavy atom. The maximum absolute atomic E-state index is 12.8. The van der Waals surface area contributed by atoms with Crippen LogP contribution in [0.5, 0.6) is 0 Å². The molecule has 3 heteroatoms. The zero-order valence-electron chi connectivity index (χ0n) is 13.5. The van der Waals surface area contributed by atoms with Crippen molar-refractivity contribution < 1.29 is 4.79 Å². The first-order chi connectivity index (χ1) is 9.95.